The van der Waals surface area contributed by atoms with Gasteiger partial charge in [-0.1, -0.05) is 11.8 Å². The van der Waals surface area contributed by atoms with Crippen LogP contribution in [-0.2, 0) is 14.3 Å². The molecule has 114 valence electrons. The summed E-state index contributed by atoms with van der Waals surface area (Å²) >= 11 is 1.26. The number of hydrogen-bond donors (Lipinski definition) is 1. The van der Waals surface area contributed by atoms with Gasteiger partial charge in [-0.2, -0.15) is 0 Å². The Morgan fingerprint density at radius 2 is 2.33 bits per heavy atom. The topological polar surface area (TPSA) is 92.6 Å². The van der Waals surface area contributed by atoms with Crippen LogP contribution in [0.4, 0.5) is 5.82 Å². The van der Waals surface area contributed by atoms with Crippen LogP contribution in [0.2, 0.25) is 0 Å². The van der Waals surface area contributed by atoms with Crippen LogP contribution in [0, 0.1) is 5.92 Å². The van der Waals surface area contributed by atoms with Gasteiger partial charge in [-0.05, 0) is 13.3 Å². The molecule has 0 spiro atoms. The second kappa shape index (κ2) is 7.26. The van der Waals surface area contributed by atoms with Crippen molar-refractivity contribution in [2.75, 3.05) is 30.3 Å². The van der Waals surface area contributed by atoms with E-state index in [1.165, 1.54) is 11.8 Å². The van der Waals surface area contributed by atoms with E-state index in [4.69, 9.17) is 9.84 Å². The third-order valence-corrected chi connectivity index (χ3v) is 3.98. The summed E-state index contributed by atoms with van der Waals surface area (Å²) in [6.07, 6.45) is 3.80. The number of nitrogens with zero attached hydrogens (tertiary/aromatic N) is 3. The number of aliphatic carboxylic acids is 1. The Kier molecular flexibility index (Phi) is 5.38. The van der Waals surface area contributed by atoms with Gasteiger partial charge in [-0.3, -0.25) is 14.6 Å². The lowest BCUT2D eigenvalue weighted by Crippen LogP contribution is -2.23. The SMILES string of the molecule is CCOC(=O)CSc1cncc(N2CCC(C(=O)O)C2)n1. The van der Waals surface area contributed by atoms with Gasteiger partial charge >= 0.3 is 11.9 Å². The second-order valence-corrected chi connectivity index (χ2v) is 5.57. The number of ether oxygens (including phenoxy) is 1. The molecule has 1 unspecified atom stereocenters. The van der Waals surface area contributed by atoms with Crippen molar-refractivity contribution in [1.29, 1.82) is 0 Å². The van der Waals surface area contributed by atoms with Crippen LogP contribution in [-0.4, -0.2) is 52.5 Å². The van der Waals surface area contributed by atoms with Gasteiger partial charge in [0, 0.05) is 13.1 Å². The van der Waals surface area contributed by atoms with E-state index in [0.29, 0.717) is 37.0 Å². The molecule has 0 saturated carbocycles. The summed E-state index contributed by atoms with van der Waals surface area (Å²) in [4.78, 5) is 32.7. The average Bonchev–Trinajstić information content (AvgIpc) is 2.96. The third-order valence-electron chi connectivity index (χ3n) is 3.10. The smallest absolute Gasteiger partial charge is 0.316 e. The number of carbonyl (C=O) groups excluding carboxylic acids is 1. The quantitative estimate of drug-likeness (QED) is 0.615. The summed E-state index contributed by atoms with van der Waals surface area (Å²) in [5.74, 6) is -0.598. The first-order valence-electron chi connectivity index (χ1n) is 6.68. The molecular formula is C13H17N3O4S. The van der Waals surface area contributed by atoms with E-state index in [1.807, 2.05) is 4.90 Å². The van der Waals surface area contributed by atoms with Crippen molar-refractivity contribution in [3.63, 3.8) is 0 Å². The Morgan fingerprint density at radius 1 is 1.52 bits per heavy atom. The molecule has 1 N–H and O–H groups in total. The molecule has 0 aliphatic carbocycles. The minimum atomic E-state index is -0.779. The van der Waals surface area contributed by atoms with Gasteiger partial charge in [0.15, 0.2) is 0 Å². The summed E-state index contributed by atoms with van der Waals surface area (Å²) < 4.78 is 4.85. The summed E-state index contributed by atoms with van der Waals surface area (Å²) in [6, 6.07) is 0. The van der Waals surface area contributed by atoms with Crippen molar-refractivity contribution in [2.24, 2.45) is 5.92 Å². The third kappa shape index (κ3) is 4.32. The number of esters is 1. The van der Waals surface area contributed by atoms with E-state index in [-0.39, 0.29) is 17.6 Å². The summed E-state index contributed by atoms with van der Waals surface area (Å²) in [7, 11) is 0. The monoisotopic (exact) mass is 311 g/mol. The highest BCUT2D eigenvalue weighted by Gasteiger charge is 2.28. The van der Waals surface area contributed by atoms with Crippen LogP contribution in [0.5, 0.6) is 0 Å². The largest absolute Gasteiger partial charge is 0.481 e. The molecule has 0 aromatic carbocycles. The molecule has 1 fully saturated rings. The number of carboxylic acids is 1. The summed E-state index contributed by atoms with van der Waals surface area (Å²) in [6.45, 7) is 3.21. The minimum Gasteiger partial charge on any atom is -0.481 e. The maximum Gasteiger partial charge on any atom is 0.316 e. The molecular weight excluding hydrogens is 294 g/mol. The Bertz CT molecular complexity index is 526. The molecule has 2 rings (SSSR count). The van der Waals surface area contributed by atoms with Gasteiger partial charge in [0.05, 0.1) is 30.7 Å². The predicted octanol–water partition coefficient (Wildman–Crippen LogP) is 1.04. The zero-order valence-corrected chi connectivity index (χ0v) is 12.5. The lowest BCUT2D eigenvalue weighted by Gasteiger charge is -2.16. The Labute approximate surface area is 126 Å². The molecule has 2 heterocycles. The fourth-order valence-electron chi connectivity index (χ4n) is 2.07. The maximum absolute atomic E-state index is 11.3. The Balaban J connectivity index is 1.95. The van der Waals surface area contributed by atoms with Crippen LogP contribution < -0.4 is 4.90 Å². The van der Waals surface area contributed by atoms with Crippen molar-refractivity contribution in [3.8, 4) is 0 Å². The number of carbonyl (C=O) groups is 2. The number of aromatic nitrogens is 2. The first-order chi connectivity index (χ1) is 10.1. The zero-order chi connectivity index (χ0) is 15.2. The molecule has 1 aromatic rings. The van der Waals surface area contributed by atoms with Crippen molar-refractivity contribution >= 4 is 29.5 Å². The van der Waals surface area contributed by atoms with Gasteiger partial charge < -0.3 is 14.7 Å². The highest BCUT2D eigenvalue weighted by atomic mass is 32.2. The van der Waals surface area contributed by atoms with Crippen LogP contribution in [0.1, 0.15) is 13.3 Å². The predicted molar refractivity (Wildman–Crippen MR) is 77.3 cm³/mol. The maximum atomic E-state index is 11.3. The van der Waals surface area contributed by atoms with Crippen molar-refractivity contribution < 1.29 is 19.4 Å². The van der Waals surface area contributed by atoms with E-state index in [9.17, 15) is 9.59 Å². The molecule has 1 saturated heterocycles. The summed E-state index contributed by atoms with van der Waals surface area (Å²) in [5, 5.41) is 9.63. The van der Waals surface area contributed by atoms with Gasteiger partial charge in [-0.15, -0.1) is 0 Å². The lowest BCUT2D eigenvalue weighted by atomic mass is 10.1. The Hall–Kier alpha value is -1.83. The standard InChI is InChI=1S/C13H17N3O4S/c1-2-20-12(17)8-21-11-6-14-5-10(15-11)16-4-3-9(7-16)13(18)19/h5-6,9H,2-4,7-8H2,1H3,(H,18,19). The minimum absolute atomic E-state index is 0.184. The number of carboxylic acid groups (broad SMARTS) is 1. The zero-order valence-electron chi connectivity index (χ0n) is 11.7. The molecule has 7 nitrogen and oxygen atoms in total. The van der Waals surface area contributed by atoms with E-state index in [1.54, 1.807) is 19.3 Å². The lowest BCUT2D eigenvalue weighted by molar-refractivity contribution is -0.141. The number of hydrogen-bond acceptors (Lipinski definition) is 7. The van der Waals surface area contributed by atoms with Crippen LogP contribution >= 0.6 is 11.8 Å². The molecule has 1 aliphatic heterocycles. The fraction of sp³-hybridized carbons (Fsp3) is 0.538. The van der Waals surface area contributed by atoms with Gasteiger partial charge in [0.1, 0.15) is 10.8 Å². The van der Waals surface area contributed by atoms with Gasteiger partial charge in [-0.25, -0.2) is 4.98 Å². The highest BCUT2D eigenvalue weighted by molar-refractivity contribution is 7.99. The van der Waals surface area contributed by atoms with Crippen LogP contribution in [0.15, 0.2) is 17.4 Å². The highest BCUT2D eigenvalue weighted by Crippen LogP contribution is 2.24. The van der Waals surface area contributed by atoms with Crippen molar-refractivity contribution in [1.82, 2.24) is 9.97 Å². The molecule has 0 radical (unpaired) electrons. The van der Waals surface area contributed by atoms with E-state index in [0.717, 1.165) is 0 Å². The molecule has 1 atom stereocenters. The van der Waals surface area contributed by atoms with Crippen LogP contribution in [0.3, 0.4) is 0 Å². The van der Waals surface area contributed by atoms with Crippen molar-refractivity contribution in [2.45, 2.75) is 18.4 Å². The number of rotatable bonds is 6. The molecule has 21 heavy (non-hydrogen) atoms. The van der Waals surface area contributed by atoms with Crippen molar-refractivity contribution in [3.05, 3.63) is 12.4 Å². The van der Waals surface area contributed by atoms with Gasteiger partial charge in [0.25, 0.3) is 0 Å². The number of thioether (sulfide) groups is 1. The molecule has 0 amide bonds. The second-order valence-electron chi connectivity index (χ2n) is 4.58. The molecule has 1 aliphatic rings. The first kappa shape index (κ1) is 15.6. The average molecular weight is 311 g/mol. The summed E-state index contributed by atoms with van der Waals surface area (Å²) in [5.41, 5.74) is 0. The molecule has 8 heteroatoms. The van der Waals surface area contributed by atoms with E-state index >= 15 is 0 Å². The number of anilines is 1. The van der Waals surface area contributed by atoms with Crippen LogP contribution in [0.25, 0.3) is 0 Å². The van der Waals surface area contributed by atoms with E-state index < -0.39 is 5.97 Å². The molecule has 1 aromatic heterocycles. The fourth-order valence-corrected chi connectivity index (χ4v) is 2.71. The Morgan fingerprint density at radius 3 is 3.00 bits per heavy atom. The normalized spacial score (nSPS) is 17.8. The first-order valence-corrected chi connectivity index (χ1v) is 7.67. The molecule has 0 bridgehead atoms. The van der Waals surface area contributed by atoms with Gasteiger partial charge in [0.2, 0.25) is 0 Å². The van der Waals surface area contributed by atoms with E-state index in [2.05, 4.69) is 9.97 Å².